The molecule has 1 saturated heterocycles. The molecule has 1 aromatic heterocycles. The molecule has 1 fully saturated rings. The Morgan fingerprint density at radius 2 is 1.96 bits per heavy atom. The van der Waals surface area contributed by atoms with Crippen molar-refractivity contribution in [2.24, 2.45) is 5.92 Å². The van der Waals surface area contributed by atoms with E-state index < -0.39 is 30.5 Å². The van der Waals surface area contributed by atoms with Crippen molar-refractivity contribution in [3.8, 4) is 0 Å². The Morgan fingerprint density at radius 1 is 1.26 bits per heavy atom. The van der Waals surface area contributed by atoms with E-state index in [9.17, 15) is 22.8 Å². The number of halogens is 4. The summed E-state index contributed by atoms with van der Waals surface area (Å²) in [6, 6.07) is 9.18. The maximum Gasteiger partial charge on any atom is 0.406 e. The number of alkyl halides is 3. The highest BCUT2D eigenvalue weighted by Gasteiger charge is 2.40. The summed E-state index contributed by atoms with van der Waals surface area (Å²) in [6.07, 6.45) is -3.20. The quantitative estimate of drug-likeness (QED) is 0.770. The molecule has 1 aromatic carbocycles. The Kier molecular flexibility index (Phi) is 5.54. The van der Waals surface area contributed by atoms with Crippen molar-refractivity contribution < 1.29 is 22.8 Å². The lowest BCUT2D eigenvalue weighted by atomic mass is 10.1. The van der Waals surface area contributed by atoms with Gasteiger partial charge in [0.05, 0.1) is 18.7 Å². The molecule has 0 saturated carbocycles. The number of anilines is 1. The van der Waals surface area contributed by atoms with E-state index in [1.54, 1.807) is 10.7 Å². The van der Waals surface area contributed by atoms with Crippen LogP contribution in [0, 0.1) is 5.92 Å². The summed E-state index contributed by atoms with van der Waals surface area (Å²) >= 11 is 3.35. The minimum absolute atomic E-state index is 0.233. The van der Waals surface area contributed by atoms with Crippen LogP contribution in [0.5, 0.6) is 0 Å². The second-order valence-electron chi connectivity index (χ2n) is 6.28. The predicted molar refractivity (Wildman–Crippen MR) is 94.8 cm³/mol. The number of hydrogen-bond acceptors (Lipinski definition) is 3. The fourth-order valence-electron chi connectivity index (χ4n) is 2.87. The van der Waals surface area contributed by atoms with Gasteiger partial charge in [-0.1, -0.05) is 28.1 Å². The topological polar surface area (TPSA) is 67.2 Å². The van der Waals surface area contributed by atoms with Gasteiger partial charge in [0.2, 0.25) is 11.8 Å². The van der Waals surface area contributed by atoms with Gasteiger partial charge in [0.15, 0.2) is 0 Å². The number of hydrogen-bond donors (Lipinski definition) is 1. The summed E-state index contributed by atoms with van der Waals surface area (Å²) in [7, 11) is 0. The third-order valence-corrected chi connectivity index (χ3v) is 4.70. The van der Waals surface area contributed by atoms with Crippen LogP contribution in [-0.4, -0.2) is 45.8 Å². The second-order valence-corrected chi connectivity index (χ2v) is 7.20. The number of benzene rings is 1. The van der Waals surface area contributed by atoms with E-state index in [-0.39, 0.29) is 13.0 Å². The highest BCUT2D eigenvalue weighted by molar-refractivity contribution is 9.10. The van der Waals surface area contributed by atoms with Crippen LogP contribution in [0.3, 0.4) is 0 Å². The van der Waals surface area contributed by atoms with Gasteiger partial charge in [-0.3, -0.25) is 9.59 Å². The molecule has 2 amide bonds. The van der Waals surface area contributed by atoms with Crippen LogP contribution in [0.25, 0.3) is 0 Å². The van der Waals surface area contributed by atoms with Crippen molar-refractivity contribution in [2.45, 2.75) is 19.1 Å². The van der Waals surface area contributed by atoms with Crippen LogP contribution >= 0.6 is 15.9 Å². The first-order valence-electron chi connectivity index (χ1n) is 8.13. The first kappa shape index (κ1) is 19.4. The summed E-state index contributed by atoms with van der Waals surface area (Å²) in [4.78, 5) is 24.8. The van der Waals surface area contributed by atoms with E-state index >= 15 is 0 Å². The van der Waals surface area contributed by atoms with Crippen molar-refractivity contribution in [3.63, 3.8) is 0 Å². The number of rotatable bonds is 5. The number of amides is 2. The fraction of sp³-hybridized carbons (Fsp3) is 0.353. The molecule has 6 nitrogen and oxygen atoms in total. The van der Waals surface area contributed by atoms with E-state index in [4.69, 9.17) is 0 Å². The molecule has 2 heterocycles. The van der Waals surface area contributed by atoms with Crippen molar-refractivity contribution in [3.05, 3.63) is 46.6 Å². The van der Waals surface area contributed by atoms with Crippen LogP contribution in [0.1, 0.15) is 12.0 Å². The molecule has 10 heteroatoms. The summed E-state index contributed by atoms with van der Waals surface area (Å²) in [6.45, 7) is -1.16. The number of carbonyl (C=O) groups excluding carboxylic acids is 2. The average Bonchev–Trinajstić information content (AvgIpc) is 3.15. The monoisotopic (exact) mass is 444 g/mol. The Bertz CT molecular complexity index is 835. The fourth-order valence-corrected chi connectivity index (χ4v) is 3.14. The SMILES string of the molecule is O=C(Nc1ccnn1Cc1ccc(Br)cc1)C1CC(=O)N(CC(F)(F)F)C1. The molecule has 0 aliphatic carbocycles. The zero-order chi connectivity index (χ0) is 19.6. The molecule has 1 atom stereocenters. The Labute approximate surface area is 161 Å². The minimum atomic E-state index is -4.48. The molecule has 0 bridgehead atoms. The van der Waals surface area contributed by atoms with Gasteiger partial charge in [0.1, 0.15) is 12.4 Å². The molecule has 2 aromatic rings. The maximum absolute atomic E-state index is 12.5. The highest BCUT2D eigenvalue weighted by atomic mass is 79.9. The van der Waals surface area contributed by atoms with Crippen LogP contribution in [0.15, 0.2) is 41.0 Å². The summed E-state index contributed by atoms with van der Waals surface area (Å²) in [5.74, 6) is -1.57. The predicted octanol–water partition coefficient (Wildman–Crippen LogP) is 3.04. The molecule has 0 radical (unpaired) electrons. The first-order valence-corrected chi connectivity index (χ1v) is 8.92. The Hall–Kier alpha value is -2.36. The van der Waals surface area contributed by atoms with E-state index in [1.165, 1.54) is 6.20 Å². The van der Waals surface area contributed by atoms with Crippen molar-refractivity contribution in [2.75, 3.05) is 18.4 Å². The number of aromatic nitrogens is 2. The first-order chi connectivity index (χ1) is 12.7. The summed E-state index contributed by atoms with van der Waals surface area (Å²) in [5.41, 5.74) is 0.963. The molecule has 1 aliphatic rings. The minimum Gasteiger partial charge on any atom is -0.333 e. The number of carbonyl (C=O) groups is 2. The van der Waals surface area contributed by atoms with E-state index in [1.807, 2.05) is 24.3 Å². The number of likely N-dealkylation sites (tertiary alicyclic amines) is 1. The molecule has 1 unspecified atom stereocenters. The second kappa shape index (κ2) is 7.71. The summed E-state index contributed by atoms with van der Waals surface area (Å²) in [5, 5.41) is 6.82. The maximum atomic E-state index is 12.5. The zero-order valence-electron chi connectivity index (χ0n) is 14.0. The third kappa shape index (κ3) is 5.09. The standard InChI is InChI=1S/C17H16BrF3N4O2/c18-13-3-1-11(2-4-13)8-25-14(5-6-22-25)23-16(27)12-7-15(26)24(9-12)10-17(19,20)21/h1-6,12H,7-10H2,(H,23,27). The van der Waals surface area contributed by atoms with E-state index in [0.29, 0.717) is 17.3 Å². The Morgan fingerprint density at radius 3 is 2.63 bits per heavy atom. The van der Waals surface area contributed by atoms with Gasteiger partial charge in [-0.25, -0.2) is 4.68 Å². The molecule has 0 spiro atoms. The smallest absolute Gasteiger partial charge is 0.333 e. The van der Waals surface area contributed by atoms with Crippen LogP contribution in [-0.2, 0) is 16.1 Å². The molecule has 1 N–H and O–H groups in total. The van der Waals surface area contributed by atoms with Crippen LogP contribution in [0.2, 0.25) is 0 Å². The van der Waals surface area contributed by atoms with Gasteiger partial charge in [0.25, 0.3) is 0 Å². The number of nitrogens with zero attached hydrogens (tertiary/aromatic N) is 3. The molecule has 3 rings (SSSR count). The van der Waals surface area contributed by atoms with Crippen molar-refractivity contribution in [1.29, 1.82) is 0 Å². The van der Waals surface area contributed by atoms with Gasteiger partial charge in [0, 0.05) is 23.5 Å². The zero-order valence-corrected chi connectivity index (χ0v) is 15.6. The van der Waals surface area contributed by atoms with E-state index in [0.717, 1.165) is 10.0 Å². The molecular weight excluding hydrogens is 429 g/mol. The average molecular weight is 445 g/mol. The van der Waals surface area contributed by atoms with E-state index in [2.05, 4.69) is 26.3 Å². The lowest BCUT2D eigenvalue weighted by molar-refractivity contribution is -0.157. The van der Waals surface area contributed by atoms with Gasteiger partial charge in [-0.05, 0) is 17.7 Å². The largest absolute Gasteiger partial charge is 0.406 e. The van der Waals surface area contributed by atoms with Crippen LogP contribution in [0.4, 0.5) is 19.0 Å². The Balaban J connectivity index is 1.63. The van der Waals surface area contributed by atoms with Gasteiger partial charge in [-0.2, -0.15) is 18.3 Å². The van der Waals surface area contributed by atoms with Crippen molar-refractivity contribution >= 4 is 33.6 Å². The van der Waals surface area contributed by atoms with Crippen molar-refractivity contribution in [1.82, 2.24) is 14.7 Å². The molecule has 144 valence electrons. The lowest BCUT2D eigenvalue weighted by Gasteiger charge is -2.18. The molecule has 1 aliphatic heterocycles. The summed E-state index contributed by atoms with van der Waals surface area (Å²) < 4.78 is 40.0. The molecular formula is C17H16BrF3N4O2. The molecule has 27 heavy (non-hydrogen) atoms. The highest BCUT2D eigenvalue weighted by Crippen LogP contribution is 2.25. The van der Waals surface area contributed by atoms with Gasteiger partial charge < -0.3 is 10.2 Å². The third-order valence-electron chi connectivity index (χ3n) is 4.17. The van der Waals surface area contributed by atoms with Crippen LogP contribution < -0.4 is 5.32 Å². The lowest BCUT2D eigenvalue weighted by Crippen LogP contribution is -2.36. The number of nitrogens with one attached hydrogen (secondary N) is 1. The van der Waals surface area contributed by atoms with Gasteiger partial charge >= 0.3 is 6.18 Å². The van der Waals surface area contributed by atoms with Gasteiger partial charge in [-0.15, -0.1) is 0 Å². The normalized spacial score (nSPS) is 17.4.